The third-order valence-corrected chi connectivity index (χ3v) is 22.2. The van der Waals surface area contributed by atoms with E-state index in [0.717, 1.165) is 76.8 Å². The smallest absolute Gasteiger partial charge is 0.330 e. The van der Waals surface area contributed by atoms with E-state index >= 15 is 0 Å². The van der Waals surface area contributed by atoms with E-state index in [4.69, 9.17) is 26.0 Å². The number of nitrogens with one attached hydrogen (secondary N) is 3. The van der Waals surface area contributed by atoms with Crippen molar-refractivity contribution in [1.29, 1.82) is 0 Å². The van der Waals surface area contributed by atoms with E-state index in [1.54, 1.807) is 37.8 Å². The van der Waals surface area contributed by atoms with Crippen LogP contribution in [0.15, 0.2) is 121 Å². The molecule has 43 heteroatoms. The number of benzene rings is 6. The van der Waals surface area contributed by atoms with Gasteiger partial charge in [-0.15, -0.1) is 0 Å². The molecule has 30 nitrogen and oxygen atoms in total. The zero-order valence-corrected chi connectivity index (χ0v) is 78.2. The Morgan fingerprint density at radius 2 is 0.812 bits per heavy atom. The van der Waals surface area contributed by atoms with Crippen LogP contribution in [0.25, 0.3) is 12.2 Å². The molecule has 6 aromatic carbocycles. The standard InChI is InChI=1S/C15H18F2N2O4.C15H16F2N2O4.C14H15F2NO.C13H14F2N2O4.C13H14F2N2O.C11H10FNO4.C6H15N.C4H7F2N.C4H10/c2*1-2-23-14(20)6-3-10-7-12(19(21)22)4-5-13(10)18-11-8-15(16,17)9-11;1-9-2-4-12-10(6-9)3-5-13(18)17(12)11-7-14(15,16)8-11;14-13(15)6-9(7-13)16-11-3-2-10(17(20)21)5-8(11)1-4-12(18)19;14-13(15)6-10(7-13)17-11-3-2-9(16)5-8(11)1-4-12(17)18;1-2-17-11(14)6-3-8-7-9(13(15)16)4-5-10(8)12;1-4-7(5-2)6-3;5-4(6)1-3(7)2-4;1-4(2)3/h4-5,7,11,18H,2-3,6,8-9H2,1H3;3-7,11,18H,2,8-9H2,1H3;2,4,6,11H,3,5,7-8H2,1H3;2-3,5,9,16H,1,4,6-7H2,(H,18,19);2-3,5,10H,1,4,6-7,16H2;3-7H,2H2,1H3;4-6H2,1-3H3;3H,1-2,7H2;4H,1-3H3/b;6-3+;;;;6-3+;;;. The number of rotatable bonds is 28. The molecule has 6 saturated carbocycles. The van der Waals surface area contributed by atoms with Crippen molar-refractivity contribution in [1.82, 2.24) is 4.90 Å². The molecule has 2 heterocycles. The average molecular weight is 1960 g/mol. The van der Waals surface area contributed by atoms with Crippen molar-refractivity contribution in [3.05, 3.63) is 207 Å². The van der Waals surface area contributed by atoms with E-state index in [-0.39, 0.29) is 187 Å². The maximum atomic E-state index is 13.2. The summed E-state index contributed by atoms with van der Waals surface area (Å²) < 4.78 is 180. The van der Waals surface area contributed by atoms with Gasteiger partial charge in [0.1, 0.15) is 5.82 Å². The minimum Gasteiger partial charge on any atom is -0.481 e. The zero-order chi connectivity index (χ0) is 103. The highest BCUT2D eigenvalue weighted by atomic mass is 19.3. The molecular weight excluding hydrogens is 1840 g/mol. The van der Waals surface area contributed by atoms with Crippen molar-refractivity contribution >= 4 is 105 Å². The summed E-state index contributed by atoms with van der Waals surface area (Å²) in [6, 6.07) is 24.3. The molecule has 758 valence electrons. The summed E-state index contributed by atoms with van der Waals surface area (Å²) >= 11 is 0. The summed E-state index contributed by atoms with van der Waals surface area (Å²) in [5.41, 5.74) is 18.4. The highest BCUT2D eigenvalue weighted by Gasteiger charge is 2.53. The lowest BCUT2D eigenvalue weighted by Gasteiger charge is -2.44. The van der Waals surface area contributed by atoms with Crippen molar-refractivity contribution in [2.24, 2.45) is 11.7 Å². The topological polar surface area (TPSA) is 421 Å². The number of nitro groups is 4. The van der Waals surface area contributed by atoms with Gasteiger partial charge < -0.3 is 61.4 Å². The molecule has 6 aliphatic carbocycles. The maximum Gasteiger partial charge on any atom is 0.330 e. The number of alkyl halides is 12. The number of aliphatic carboxylic acids is 1. The number of carbonyl (C=O) groups excluding carboxylic acids is 5. The van der Waals surface area contributed by atoms with Gasteiger partial charge in [0.25, 0.3) is 58.3 Å². The van der Waals surface area contributed by atoms with Gasteiger partial charge in [0.15, 0.2) is 0 Å². The second-order valence-electron chi connectivity index (χ2n) is 34.6. The molecule has 0 spiro atoms. The second kappa shape index (κ2) is 51.7. The molecule has 0 bridgehead atoms. The Kier molecular flexibility index (Phi) is 42.8. The van der Waals surface area contributed by atoms with Crippen LogP contribution in [0.1, 0.15) is 204 Å². The fourth-order valence-electron chi connectivity index (χ4n) is 15.1. The number of nitrogens with zero attached hydrogens (tertiary/aromatic N) is 7. The summed E-state index contributed by atoms with van der Waals surface area (Å²) in [4.78, 5) is 114. The second-order valence-corrected chi connectivity index (χ2v) is 34.6. The van der Waals surface area contributed by atoms with Gasteiger partial charge in [-0.25, -0.2) is 66.7 Å². The number of ether oxygens (including phenoxy) is 3. The van der Waals surface area contributed by atoms with Crippen LogP contribution < -0.4 is 37.2 Å². The summed E-state index contributed by atoms with van der Waals surface area (Å²) in [5, 5.41) is 60.4. The SMILES string of the molecule is CC(C)C.CCN(CC)CC.CCOC(=O)/C=C/c1cc([N+](=O)[O-])ccc1F.CCOC(=O)/C=C/c1cc([N+](=O)[O-])ccc1NC1CC(F)(F)C1.CCOC(=O)CCc1cc([N+](=O)[O-])ccc1NC1CC(F)(F)C1.Cc1ccc2c(c1)CCC(=O)N2C1CC(F)(F)C1.NC1CC(F)(F)C1.Nc1ccc2c(c1)CCC(=O)N2C1CC(F)(F)C1.O=C(O)CCc1cc([N+](=O)[O-])ccc1NC1CC(F)(F)C1. The molecule has 0 atom stereocenters. The first-order valence-corrected chi connectivity index (χ1v) is 45.0. The summed E-state index contributed by atoms with van der Waals surface area (Å²) in [6.07, 6.45) is 4.27. The predicted octanol–water partition coefficient (Wildman–Crippen LogP) is 21.0. The molecular formula is C95H119F13N12O18. The number of anilines is 6. The number of aryl methyl sites for hydroxylation is 5. The number of carbonyl (C=O) groups is 6. The maximum absolute atomic E-state index is 13.2. The monoisotopic (exact) mass is 1960 g/mol. The highest BCUT2D eigenvalue weighted by molar-refractivity contribution is 5.98. The number of halogens is 13. The van der Waals surface area contributed by atoms with E-state index in [0.29, 0.717) is 58.7 Å². The molecule has 8 N–H and O–H groups in total. The summed E-state index contributed by atoms with van der Waals surface area (Å²) in [6.45, 7) is 24.3. The minimum atomic E-state index is -2.67. The molecule has 6 fully saturated rings. The number of carboxylic acids is 1. The number of nitrogens with two attached hydrogens (primary N) is 2. The lowest BCUT2D eigenvalue weighted by atomic mass is 9.84. The van der Waals surface area contributed by atoms with Crippen LogP contribution in [0.4, 0.5) is 114 Å². The molecule has 0 unspecified atom stereocenters. The van der Waals surface area contributed by atoms with E-state index in [1.807, 2.05) is 31.2 Å². The number of hydrogen-bond acceptors (Lipinski definition) is 23. The molecule has 0 saturated heterocycles. The van der Waals surface area contributed by atoms with Gasteiger partial charge in [0.2, 0.25) is 11.8 Å². The van der Waals surface area contributed by atoms with Gasteiger partial charge in [-0.1, -0.05) is 59.2 Å². The Morgan fingerprint density at radius 3 is 1.16 bits per heavy atom. The van der Waals surface area contributed by atoms with Gasteiger partial charge >= 0.3 is 23.9 Å². The largest absolute Gasteiger partial charge is 0.481 e. The van der Waals surface area contributed by atoms with Crippen molar-refractivity contribution < 1.29 is 125 Å². The molecule has 138 heavy (non-hydrogen) atoms. The van der Waals surface area contributed by atoms with Crippen molar-refractivity contribution in [2.75, 3.05) is 70.9 Å². The molecule has 2 amide bonds. The predicted molar refractivity (Wildman–Crippen MR) is 495 cm³/mol. The first-order valence-electron chi connectivity index (χ1n) is 45.0. The van der Waals surface area contributed by atoms with Crippen LogP contribution in [-0.2, 0) is 68.7 Å². The zero-order valence-electron chi connectivity index (χ0n) is 78.2. The average Bonchev–Trinajstić information content (AvgIpc) is 0.759. The fourth-order valence-corrected chi connectivity index (χ4v) is 15.1. The van der Waals surface area contributed by atoms with Crippen LogP contribution in [0, 0.1) is 59.1 Å². The third kappa shape index (κ3) is 37.4. The van der Waals surface area contributed by atoms with Gasteiger partial charge in [-0.3, -0.25) is 59.6 Å². The van der Waals surface area contributed by atoms with E-state index in [1.165, 1.54) is 85.2 Å². The molecule has 8 aliphatic rings. The van der Waals surface area contributed by atoms with Gasteiger partial charge in [0.05, 0.1) is 39.5 Å². The minimum absolute atomic E-state index is 0.0214. The van der Waals surface area contributed by atoms with Crippen molar-refractivity contribution in [2.45, 2.75) is 269 Å². The van der Waals surface area contributed by atoms with Gasteiger partial charge in [0, 0.05) is 245 Å². The van der Waals surface area contributed by atoms with E-state index in [9.17, 15) is 126 Å². The summed E-state index contributed by atoms with van der Waals surface area (Å²) in [5.74, 6) is -18.1. The van der Waals surface area contributed by atoms with Crippen molar-refractivity contribution in [3.63, 3.8) is 0 Å². The number of hydrogen-bond donors (Lipinski definition) is 6. The Balaban J connectivity index is 0.000000245. The number of amides is 2. The lowest BCUT2D eigenvalue weighted by Crippen LogP contribution is -2.54. The van der Waals surface area contributed by atoms with Gasteiger partial charge in [-0.2, -0.15) is 0 Å². The lowest BCUT2D eigenvalue weighted by molar-refractivity contribution is -0.385. The Morgan fingerprint density at radius 1 is 0.471 bits per heavy atom. The normalized spacial score (nSPS) is 17.6. The van der Waals surface area contributed by atoms with Crippen molar-refractivity contribution in [3.8, 4) is 0 Å². The number of esters is 3. The first kappa shape index (κ1) is 114. The highest BCUT2D eigenvalue weighted by Crippen LogP contribution is 2.48. The van der Waals surface area contributed by atoms with E-state index < -0.39 is 97.0 Å². The fraction of sp³-hybridized carbons (Fsp3) is 0.516. The molecule has 14 rings (SSSR count). The quantitative estimate of drug-likeness (QED) is 0.00505. The van der Waals surface area contributed by atoms with Crippen LogP contribution in [0.3, 0.4) is 0 Å². The molecule has 0 aromatic heterocycles. The number of nitro benzene ring substituents is 4. The Labute approximate surface area is 789 Å². The van der Waals surface area contributed by atoms with Crippen LogP contribution in [-0.4, -0.2) is 177 Å². The first-order chi connectivity index (χ1) is 64.5. The Bertz CT molecular complexity index is 5110. The molecule has 2 aliphatic heterocycles. The van der Waals surface area contributed by atoms with E-state index in [2.05, 4.69) is 67.1 Å². The third-order valence-electron chi connectivity index (χ3n) is 22.2. The number of non-ortho nitro benzene ring substituents is 4. The molecule has 0 radical (unpaired) electrons. The number of carboxylic acid groups (broad SMARTS) is 1. The number of fused-ring (bicyclic) bond motifs is 2. The molecule has 6 aromatic rings. The summed E-state index contributed by atoms with van der Waals surface area (Å²) in [7, 11) is 0. The van der Waals surface area contributed by atoms with Crippen LogP contribution in [0.5, 0.6) is 0 Å². The number of nitrogen functional groups attached to an aromatic ring is 1. The van der Waals surface area contributed by atoms with Crippen LogP contribution in [0.2, 0.25) is 0 Å². The van der Waals surface area contributed by atoms with Crippen LogP contribution >= 0.6 is 0 Å². The Hall–Kier alpha value is -12.6. The van der Waals surface area contributed by atoms with Gasteiger partial charge in [-0.05, 0) is 162 Å².